The summed E-state index contributed by atoms with van der Waals surface area (Å²) in [6.45, 7) is 1.73. The van der Waals surface area contributed by atoms with Crippen molar-refractivity contribution in [2.75, 3.05) is 18.0 Å². The van der Waals surface area contributed by atoms with Crippen LogP contribution >= 0.6 is 15.9 Å². The molecular formula is C20H20BrN5O. The fraction of sp³-hybridized carbons (Fsp3) is 0.300. The van der Waals surface area contributed by atoms with Crippen LogP contribution in [0.5, 0.6) is 0 Å². The lowest BCUT2D eigenvalue weighted by Gasteiger charge is -2.33. The van der Waals surface area contributed by atoms with Gasteiger partial charge in [0.1, 0.15) is 6.33 Å². The molecule has 2 aromatic heterocycles. The smallest absolute Gasteiger partial charge is 0.255 e. The predicted octanol–water partition coefficient (Wildman–Crippen LogP) is 3.38. The Kier molecular flexibility index (Phi) is 5.03. The summed E-state index contributed by atoms with van der Waals surface area (Å²) >= 11 is 3.56. The van der Waals surface area contributed by atoms with Crippen LogP contribution < -0.4 is 10.5 Å². The van der Waals surface area contributed by atoms with Crippen molar-refractivity contribution >= 4 is 21.9 Å². The van der Waals surface area contributed by atoms with E-state index in [2.05, 4.69) is 55.1 Å². The van der Waals surface area contributed by atoms with Crippen LogP contribution in [-0.4, -0.2) is 32.6 Å². The molecule has 0 bridgehead atoms. The van der Waals surface area contributed by atoms with Crippen LogP contribution in [0.25, 0.3) is 11.4 Å². The van der Waals surface area contributed by atoms with Gasteiger partial charge in [-0.25, -0.2) is 15.0 Å². The number of hydrogen-bond acceptors (Lipinski definition) is 5. The molecule has 0 atom stereocenters. The molecule has 4 rings (SSSR count). The highest BCUT2D eigenvalue weighted by Gasteiger charge is 2.23. The molecule has 7 heteroatoms. The minimum absolute atomic E-state index is 0.0808. The van der Waals surface area contributed by atoms with E-state index in [4.69, 9.17) is 4.98 Å². The second-order valence-electron chi connectivity index (χ2n) is 6.75. The van der Waals surface area contributed by atoms with Crippen LogP contribution in [0.3, 0.4) is 0 Å². The van der Waals surface area contributed by atoms with E-state index in [0.717, 1.165) is 30.4 Å². The minimum atomic E-state index is -0.0808. The molecular weight excluding hydrogens is 406 g/mol. The number of nitrogens with zero attached hydrogens (tertiary/aromatic N) is 5. The second kappa shape index (κ2) is 7.60. The van der Waals surface area contributed by atoms with Gasteiger partial charge in [0.2, 0.25) is 5.95 Å². The van der Waals surface area contributed by atoms with E-state index in [1.165, 1.54) is 18.0 Å². The Morgan fingerprint density at radius 2 is 1.93 bits per heavy atom. The van der Waals surface area contributed by atoms with Crippen molar-refractivity contribution in [3.63, 3.8) is 0 Å². The fourth-order valence-corrected chi connectivity index (χ4v) is 3.97. The molecule has 1 saturated heterocycles. The lowest BCUT2D eigenvalue weighted by molar-refractivity contribution is 0.493. The van der Waals surface area contributed by atoms with Crippen molar-refractivity contribution in [1.82, 2.24) is 19.5 Å². The third-order valence-corrected chi connectivity index (χ3v) is 5.55. The topological polar surface area (TPSA) is 63.9 Å². The van der Waals surface area contributed by atoms with E-state index >= 15 is 0 Å². The Bertz CT molecular complexity index is 997. The molecule has 3 heterocycles. The average Bonchev–Trinajstić information content (AvgIpc) is 2.71. The Hall–Kier alpha value is -2.54. The summed E-state index contributed by atoms with van der Waals surface area (Å²) in [4.78, 5) is 27.5. The lowest BCUT2D eigenvalue weighted by atomic mass is 9.89. The highest BCUT2D eigenvalue weighted by atomic mass is 79.9. The third-order valence-electron chi connectivity index (χ3n) is 5.05. The van der Waals surface area contributed by atoms with Gasteiger partial charge in [-0.1, -0.05) is 28.1 Å². The van der Waals surface area contributed by atoms with Crippen LogP contribution in [0.15, 0.2) is 58.2 Å². The Morgan fingerprint density at radius 1 is 1.11 bits per heavy atom. The molecule has 1 aromatic carbocycles. The standard InChI is InChI=1S/C20H20BrN5O/c1-25-19(27)12-18(17-5-8-22-13-23-17)24-20(25)26-9-6-14(7-10-26)15-3-2-4-16(21)11-15/h2-5,8,11-14H,6-7,9-10H2,1H3. The molecule has 6 nitrogen and oxygen atoms in total. The molecule has 138 valence electrons. The second-order valence-corrected chi connectivity index (χ2v) is 7.67. The van der Waals surface area contributed by atoms with Crippen LogP contribution in [0, 0.1) is 0 Å². The van der Waals surface area contributed by atoms with E-state index in [1.807, 2.05) is 0 Å². The third kappa shape index (κ3) is 3.78. The molecule has 0 N–H and O–H groups in total. The summed E-state index contributed by atoms with van der Waals surface area (Å²) in [6.07, 6.45) is 5.19. The molecule has 0 aliphatic carbocycles. The first-order chi connectivity index (χ1) is 13.1. The van der Waals surface area contributed by atoms with E-state index in [0.29, 0.717) is 23.3 Å². The van der Waals surface area contributed by atoms with Crippen LogP contribution in [0.1, 0.15) is 24.3 Å². The maximum absolute atomic E-state index is 12.4. The highest BCUT2D eigenvalue weighted by Crippen LogP contribution is 2.31. The van der Waals surface area contributed by atoms with Crippen molar-refractivity contribution in [3.8, 4) is 11.4 Å². The van der Waals surface area contributed by atoms with Gasteiger partial charge in [0.05, 0.1) is 11.4 Å². The van der Waals surface area contributed by atoms with Gasteiger partial charge in [-0.15, -0.1) is 0 Å². The Balaban J connectivity index is 1.58. The van der Waals surface area contributed by atoms with Gasteiger partial charge in [0, 0.05) is 36.9 Å². The first-order valence-corrected chi connectivity index (χ1v) is 9.76. The van der Waals surface area contributed by atoms with E-state index in [9.17, 15) is 4.79 Å². The van der Waals surface area contributed by atoms with Crippen molar-refractivity contribution in [2.24, 2.45) is 7.05 Å². The maximum atomic E-state index is 12.4. The van der Waals surface area contributed by atoms with Gasteiger partial charge in [0.25, 0.3) is 5.56 Å². The van der Waals surface area contributed by atoms with Gasteiger partial charge in [-0.2, -0.15) is 0 Å². The fourth-order valence-electron chi connectivity index (χ4n) is 3.56. The van der Waals surface area contributed by atoms with Gasteiger partial charge in [-0.3, -0.25) is 9.36 Å². The number of aromatic nitrogens is 4. The van der Waals surface area contributed by atoms with Crippen molar-refractivity contribution < 1.29 is 0 Å². The molecule has 1 aliphatic heterocycles. The zero-order valence-corrected chi connectivity index (χ0v) is 16.6. The normalized spacial score (nSPS) is 15.1. The molecule has 0 unspecified atom stereocenters. The van der Waals surface area contributed by atoms with Crippen molar-refractivity contribution in [1.29, 1.82) is 0 Å². The number of hydrogen-bond donors (Lipinski definition) is 0. The lowest BCUT2D eigenvalue weighted by Crippen LogP contribution is -2.37. The molecule has 0 amide bonds. The number of anilines is 1. The van der Waals surface area contributed by atoms with Crippen LogP contribution in [-0.2, 0) is 7.05 Å². The first-order valence-electron chi connectivity index (χ1n) is 8.96. The molecule has 3 aromatic rings. The van der Waals surface area contributed by atoms with Gasteiger partial charge < -0.3 is 4.90 Å². The van der Waals surface area contributed by atoms with Crippen LogP contribution in [0.2, 0.25) is 0 Å². The van der Waals surface area contributed by atoms with Gasteiger partial charge in [0.15, 0.2) is 0 Å². The Morgan fingerprint density at radius 3 is 2.63 bits per heavy atom. The summed E-state index contributed by atoms with van der Waals surface area (Å²) in [5.74, 6) is 1.23. The molecule has 0 spiro atoms. The van der Waals surface area contributed by atoms with Gasteiger partial charge >= 0.3 is 0 Å². The van der Waals surface area contributed by atoms with E-state index in [1.54, 1.807) is 23.9 Å². The van der Waals surface area contributed by atoms with E-state index in [-0.39, 0.29) is 5.56 Å². The Labute approximate surface area is 166 Å². The summed E-state index contributed by atoms with van der Waals surface area (Å²) in [6, 6.07) is 11.8. The van der Waals surface area contributed by atoms with Crippen LogP contribution in [0.4, 0.5) is 5.95 Å². The largest absolute Gasteiger partial charge is 0.342 e. The summed E-state index contributed by atoms with van der Waals surface area (Å²) in [7, 11) is 1.77. The number of benzene rings is 1. The zero-order chi connectivity index (χ0) is 18.8. The van der Waals surface area contributed by atoms with Gasteiger partial charge in [-0.05, 0) is 42.5 Å². The zero-order valence-electron chi connectivity index (χ0n) is 15.0. The maximum Gasteiger partial charge on any atom is 0.255 e. The molecule has 1 aliphatic rings. The van der Waals surface area contributed by atoms with E-state index < -0.39 is 0 Å². The molecule has 1 fully saturated rings. The number of rotatable bonds is 3. The summed E-state index contributed by atoms with van der Waals surface area (Å²) in [5, 5.41) is 0. The molecule has 27 heavy (non-hydrogen) atoms. The SMILES string of the molecule is Cn1c(N2CCC(c3cccc(Br)c3)CC2)nc(-c2ccncn2)cc1=O. The average molecular weight is 426 g/mol. The highest BCUT2D eigenvalue weighted by molar-refractivity contribution is 9.10. The summed E-state index contributed by atoms with van der Waals surface area (Å²) < 4.78 is 2.73. The molecule has 0 saturated carbocycles. The number of halogens is 1. The first kappa shape index (κ1) is 17.9. The number of piperidine rings is 1. The minimum Gasteiger partial charge on any atom is -0.342 e. The van der Waals surface area contributed by atoms with Crippen molar-refractivity contribution in [2.45, 2.75) is 18.8 Å². The quantitative estimate of drug-likeness (QED) is 0.643. The predicted molar refractivity (Wildman–Crippen MR) is 109 cm³/mol. The molecule has 0 radical (unpaired) electrons. The monoisotopic (exact) mass is 425 g/mol. The van der Waals surface area contributed by atoms with Crippen molar-refractivity contribution in [3.05, 3.63) is 69.3 Å². The summed E-state index contributed by atoms with van der Waals surface area (Å²) in [5.41, 5.74) is 2.53.